The van der Waals surface area contributed by atoms with Crippen molar-refractivity contribution < 1.29 is 13.5 Å². The minimum absolute atomic E-state index is 0.0356. The van der Waals surface area contributed by atoms with Gasteiger partial charge in [-0.15, -0.1) is 0 Å². The van der Waals surface area contributed by atoms with Crippen LogP contribution in [0.5, 0.6) is 0 Å². The fourth-order valence-corrected chi connectivity index (χ4v) is 3.79. The predicted octanol–water partition coefficient (Wildman–Crippen LogP) is 1.64. The summed E-state index contributed by atoms with van der Waals surface area (Å²) in [6, 6.07) is 4.28. The number of nitrogens with one attached hydrogen (secondary N) is 1. The van der Waals surface area contributed by atoms with Gasteiger partial charge in [0, 0.05) is 17.1 Å². The first-order valence-electron chi connectivity index (χ1n) is 5.65. The number of aryl methyl sites for hydroxylation is 1. The summed E-state index contributed by atoms with van der Waals surface area (Å²) in [7, 11) is -3.84. The normalized spacial score (nSPS) is 10.8. The van der Waals surface area contributed by atoms with E-state index in [4.69, 9.17) is 16.7 Å². The second-order valence-corrected chi connectivity index (χ2v) is 6.67. The van der Waals surface area contributed by atoms with Gasteiger partial charge < -0.3 is 5.11 Å². The predicted molar refractivity (Wildman–Crippen MR) is 80.9 cm³/mol. The zero-order valence-electron chi connectivity index (χ0n) is 10.8. The topological polar surface area (TPSA) is 92.2 Å². The number of hydrogen-bond donors (Lipinski definition) is 2. The summed E-state index contributed by atoms with van der Waals surface area (Å²) >= 11 is 6.93. The zero-order chi connectivity index (χ0) is 15.5. The minimum atomic E-state index is -3.84. The molecule has 0 aliphatic heterocycles. The quantitative estimate of drug-likeness (QED) is 0.827. The Morgan fingerprint density at radius 2 is 2.24 bits per heavy atom. The molecule has 0 amide bonds. The number of hydrogen-bond acceptors (Lipinski definition) is 6. The Hall–Kier alpha value is -1.66. The highest BCUT2D eigenvalue weighted by Crippen LogP contribution is 2.25. The second kappa shape index (κ2) is 6.41. The monoisotopic (exact) mass is 343 g/mol. The van der Waals surface area contributed by atoms with Gasteiger partial charge in [-0.05, 0) is 25.1 Å². The molecular formula is C12H10ClN3O3S2. The molecule has 6 nitrogen and oxygen atoms in total. The van der Waals surface area contributed by atoms with Crippen LogP contribution in [0.15, 0.2) is 23.1 Å². The lowest BCUT2D eigenvalue weighted by molar-refractivity contribution is 0.350. The Kier molecular flexibility index (Phi) is 4.80. The van der Waals surface area contributed by atoms with E-state index in [-0.39, 0.29) is 21.7 Å². The number of nitrogens with zero attached hydrogens (tertiary/aromatic N) is 2. The number of aliphatic hydroxyl groups is 1. The van der Waals surface area contributed by atoms with Crippen molar-refractivity contribution in [3.63, 3.8) is 0 Å². The van der Waals surface area contributed by atoms with Crippen LogP contribution in [0.25, 0.3) is 0 Å². The van der Waals surface area contributed by atoms with Gasteiger partial charge in [0.2, 0.25) is 5.13 Å². The van der Waals surface area contributed by atoms with Gasteiger partial charge >= 0.3 is 0 Å². The zero-order valence-corrected chi connectivity index (χ0v) is 13.2. The third-order valence-electron chi connectivity index (χ3n) is 2.28. The Morgan fingerprint density at radius 1 is 1.48 bits per heavy atom. The molecule has 0 atom stereocenters. The summed E-state index contributed by atoms with van der Waals surface area (Å²) < 4.78 is 30.7. The first-order valence-corrected chi connectivity index (χ1v) is 8.28. The summed E-state index contributed by atoms with van der Waals surface area (Å²) in [5, 5.41) is 8.83. The maximum absolute atomic E-state index is 12.2. The second-order valence-electron chi connectivity index (χ2n) is 3.86. The average Bonchev–Trinajstić information content (AvgIpc) is 2.80. The summed E-state index contributed by atoms with van der Waals surface area (Å²) in [4.78, 5) is 3.86. The largest absolute Gasteiger partial charge is 0.384 e. The van der Waals surface area contributed by atoms with Crippen LogP contribution in [0, 0.1) is 18.8 Å². The van der Waals surface area contributed by atoms with Gasteiger partial charge in [-0.1, -0.05) is 23.4 Å². The van der Waals surface area contributed by atoms with Crippen molar-refractivity contribution in [2.24, 2.45) is 0 Å². The minimum Gasteiger partial charge on any atom is -0.384 e. The van der Waals surface area contributed by atoms with Crippen LogP contribution in [0.1, 0.15) is 11.4 Å². The number of sulfonamides is 1. The van der Waals surface area contributed by atoms with Crippen LogP contribution in [0.2, 0.25) is 5.02 Å². The molecule has 1 aromatic heterocycles. The first kappa shape index (κ1) is 15.7. The van der Waals surface area contributed by atoms with E-state index in [9.17, 15) is 8.42 Å². The van der Waals surface area contributed by atoms with Crippen LogP contribution in [0.3, 0.4) is 0 Å². The third-order valence-corrected chi connectivity index (χ3v) is 4.96. The molecule has 2 N–H and O–H groups in total. The molecular weight excluding hydrogens is 334 g/mol. The van der Waals surface area contributed by atoms with Gasteiger partial charge in [0.1, 0.15) is 17.3 Å². The van der Waals surface area contributed by atoms with Gasteiger partial charge in [-0.2, -0.15) is 4.37 Å². The highest BCUT2D eigenvalue weighted by atomic mass is 35.5. The van der Waals surface area contributed by atoms with Crippen molar-refractivity contribution in [3.05, 3.63) is 34.6 Å². The number of halogens is 1. The van der Waals surface area contributed by atoms with E-state index in [1.807, 2.05) is 0 Å². The smallest absolute Gasteiger partial charge is 0.265 e. The highest BCUT2D eigenvalue weighted by Gasteiger charge is 2.19. The fourth-order valence-electron chi connectivity index (χ4n) is 1.45. The SMILES string of the molecule is Cc1nsc(NS(=O)(=O)c2ccc(C#CCO)cc2Cl)n1. The van der Waals surface area contributed by atoms with E-state index < -0.39 is 10.0 Å². The number of aromatic nitrogens is 2. The van der Waals surface area contributed by atoms with E-state index in [1.165, 1.54) is 18.2 Å². The average molecular weight is 344 g/mol. The van der Waals surface area contributed by atoms with E-state index in [2.05, 4.69) is 25.9 Å². The van der Waals surface area contributed by atoms with Crippen LogP contribution in [0.4, 0.5) is 5.13 Å². The van der Waals surface area contributed by atoms with Crippen molar-refractivity contribution in [1.82, 2.24) is 9.36 Å². The Labute approximate surface area is 131 Å². The molecule has 110 valence electrons. The fraction of sp³-hybridized carbons (Fsp3) is 0.167. The van der Waals surface area contributed by atoms with Crippen molar-refractivity contribution in [3.8, 4) is 11.8 Å². The van der Waals surface area contributed by atoms with Gasteiger partial charge in [0.05, 0.1) is 5.02 Å². The van der Waals surface area contributed by atoms with Crippen LogP contribution >= 0.6 is 23.1 Å². The van der Waals surface area contributed by atoms with Gasteiger partial charge in [-0.25, -0.2) is 13.4 Å². The molecule has 0 radical (unpaired) electrons. The summed E-state index contributed by atoms with van der Waals surface area (Å²) in [5.41, 5.74) is 0.514. The first-order chi connectivity index (χ1) is 9.92. The number of rotatable bonds is 3. The van der Waals surface area contributed by atoms with E-state index >= 15 is 0 Å². The summed E-state index contributed by atoms with van der Waals surface area (Å²) in [5.74, 6) is 5.59. The van der Waals surface area contributed by atoms with E-state index in [0.717, 1.165) is 11.5 Å². The van der Waals surface area contributed by atoms with Crippen LogP contribution in [-0.2, 0) is 10.0 Å². The summed E-state index contributed by atoms with van der Waals surface area (Å²) in [6.07, 6.45) is 0. The molecule has 0 saturated heterocycles. The number of aliphatic hydroxyl groups excluding tert-OH is 1. The standard InChI is InChI=1S/C12H10ClN3O3S2/c1-8-14-12(20-15-8)16-21(18,19)11-5-4-9(3-2-6-17)7-10(11)13/h4-5,7,17H,6H2,1H3,(H,14,15,16). The summed E-state index contributed by atoms with van der Waals surface area (Å²) in [6.45, 7) is 1.38. The molecule has 0 aliphatic rings. The molecule has 0 spiro atoms. The molecule has 0 bridgehead atoms. The van der Waals surface area contributed by atoms with Gasteiger partial charge in [-0.3, -0.25) is 4.72 Å². The maximum atomic E-state index is 12.2. The number of benzene rings is 1. The molecule has 0 fully saturated rings. The highest BCUT2D eigenvalue weighted by molar-refractivity contribution is 7.93. The maximum Gasteiger partial charge on any atom is 0.265 e. The van der Waals surface area contributed by atoms with Crippen molar-refractivity contribution in [2.45, 2.75) is 11.8 Å². The molecule has 1 aromatic carbocycles. The molecule has 0 saturated carbocycles. The molecule has 2 aromatic rings. The Balaban J connectivity index is 2.32. The van der Waals surface area contributed by atoms with Gasteiger partial charge in [0.25, 0.3) is 10.0 Å². The Bertz CT molecular complexity index is 822. The lowest BCUT2D eigenvalue weighted by Gasteiger charge is -2.07. The molecule has 2 rings (SSSR count). The van der Waals surface area contributed by atoms with Crippen LogP contribution < -0.4 is 4.72 Å². The number of anilines is 1. The van der Waals surface area contributed by atoms with Crippen LogP contribution in [-0.4, -0.2) is 29.5 Å². The molecule has 0 unspecified atom stereocenters. The molecule has 0 aliphatic carbocycles. The van der Waals surface area contributed by atoms with Crippen molar-refractivity contribution in [1.29, 1.82) is 0 Å². The third kappa shape index (κ3) is 3.92. The Morgan fingerprint density at radius 3 is 2.81 bits per heavy atom. The lowest BCUT2D eigenvalue weighted by Crippen LogP contribution is -2.13. The lowest BCUT2D eigenvalue weighted by atomic mass is 10.2. The van der Waals surface area contributed by atoms with Crippen molar-refractivity contribution in [2.75, 3.05) is 11.3 Å². The molecule has 9 heteroatoms. The van der Waals surface area contributed by atoms with E-state index in [0.29, 0.717) is 11.4 Å². The molecule has 21 heavy (non-hydrogen) atoms. The van der Waals surface area contributed by atoms with Crippen molar-refractivity contribution >= 4 is 38.3 Å². The van der Waals surface area contributed by atoms with Gasteiger partial charge in [0.15, 0.2) is 0 Å². The van der Waals surface area contributed by atoms with E-state index in [1.54, 1.807) is 6.92 Å². The molecule has 1 heterocycles.